The quantitative estimate of drug-likeness (QED) is 0.571. The Balaban J connectivity index is 1.31. The highest BCUT2D eigenvalue weighted by Gasteiger charge is 2.33. The van der Waals surface area contributed by atoms with Crippen molar-refractivity contribution in [3.05, 3.63) is 95.1 Å². The number of alkyl carbamates (subject to hydrolysis) is 1. The topological polar surface area (TPSA) is 93.7 Å². The minimum Gasteiger partial charge on any atom is -0.467 e. The second-order valence-corrected chi connectivity index (χ2v) is 8.78. The summed E-state index contributed by atoms with van der Waals surface area (Å²) in [6.45, 7) is 0.148. The summed E-state index contributed by atoms with van der Waals surface area (Å²) in [5, 5.41) is 5.41. The van der Waals surface area contributed by atoms with Crippen LogP contribution in [0, 0.1) is 0 Å². The van der Waals surface area contributed by atoms with Gasteiger partial charge in [0.25, 0.3) is 0 Å². The molecule has 0 radical (unpaired) electrons. The van der Waals surface area contributed by atoms with Gasteiger partial charge >= 0.3 is 12.1 Å². The van der Waals surface area contributed by atoms with E-state index < -0.39 is 30.1 Å². The third kappa shape index (κ3) is 4.49. The highest BCUT2D eigenvalue weighted by molar-refractivity contribution is 5.90. The summed E-state index contributed by atoms with van der Waals surface area (Å²) < 4.78 is 10.5. The minimum absolute atomic E-state index is 0.0799. The number of rotatable bonds is 4. The molecule has 2 atom stereocenters. The molecule has 178 valence electrons. The van der Waals surface area contributed by atoms with Gasteiger partial charge in [0.2, 0.25) is 5.91 Å². The molecule has 2 amide bonds. The van der Waals surface area contributed by atoms with Gasteiger partial charge in [-0.2, -0.15) is 0 Å². The van der Waals surface area contributed by atoms with Crippen LogP contribution in [-0.4, -0.2) is 43.8 Å². The maximum absolute atomic E-state index is 12.9. The van der Waals surface area contributed by atoms with Crippen molar-refractivity contribution in [1.82, 2.24) is 10.6 Å². The smallest absolute Gasteiger partial charge is 0.407 e. The van der Waals surface area contributed by atoms with Crippen LogP contribution in [0.4, 0.5) is 4.79 Å². The van der Waals surface area contributed by atoms with E-state index in [-0.39, 0.29) is 12.5 Å². The summed E-state index contributed by atoms with van der Waals surface area (Å²) in [6, 6.07) is 22.0. The van der Waals surface area contributed by atoms with Crippen LogP contribution in [0.5, 0.6) is 0 Å². The average molecular weight is 471 g/mol. The van der Waals surface area contributed by atoms with Crippen molar-refractivity contribution >= 4 is 18.0 Å². The molecule has 5 rings (SSSR count). The molecule has 0 unspecified atom stereocenters. The van der Waals surface area contributed by atoms with Gasteiger partial charge in [0, 0.05) is 18.8 Å². The lowest BCUT2D eigenvalue weighted by Gasteiger charge is -2.27. The van der Waals surface area contributed by atoms with Crippen molar-refractivity contribution in [2.75, 3.05) is 13.7 Å². The molecule has 3 aromatic rings. The van der Waals surface area contributed by atoms with Crippen molar-refractivity contribution in [2.45, 2.75) is 30.8 Å². The fourth-order valence-corrected chi connectivity index (χ4v) is 5.00. The Morgan fingerprint density at radius 3 is 2.09 bits per heavy atom. The van der Waals surface area contributed by atoms with Crippen LogP contribution in [0.2, 0.25) is 0 Å². The predicted molar refractivity (Wildman–Crippen MR) is 130 cm³/mol. The van der Waals surface area contributed by atoms with Crippen LogP contribution >= 0.6 is 0 Å². The first-order chi connectivity index (χ1) is 17.0. The number of benzene rings is 3. The van der Waals surface area contributed by atoms with Gasteiger partial charge in [0.15, 0.2) is 0 Å². The van der Waals surface area contributed by atoms with Crippen molar-refractivity contribution in [3.8, 4) is 11.1 Å². The molecular formula is C28H26N2O5. The normalized spacial score (nSPS) is 18.7. The summed E-state index contributed by atoms with van der Waals surface area (Å²) in [4.78, 5) is 38.0. The molecular weight excluding hydrogens is 444 g/mol. The Kier molecular flexibility index (Phi) is 6.23. The number of esters is 1. The molecule has 2 aliphatic rings. The standard InChI is InChI=1S/C28H26N2O5/c1-34-27(32)25-15-18-9-3-2-8-17(18)14-24(26(31)29-25)30-28(33)35-16-23-21-12-6-4-10-19(21)20-11-5-7-13-22(20)23/h2-13,23-25H,14-16H2,1H3,(H,29,31)(H,30,33)/t24-,25-/m0/s1. The highest BCUT2D eigenvalue weighted by Crippen LogP contribution is 2.44. The van der Waals surface area contributed by atoms with Crippen LogP contribution in [0.1, 0.15) is 28.2 Å². The highest BCUT2D eigenvalue weighted by atomic mass is 16.5. The number of nitrogens with one attached hydrogen (secondary N) is 2. The molecule has 2 N–H and O–H groups in total. The van der Waals surface area contributed by atoms with Gasteiger partial charge in [-0.05, 0) is 33.4 Å². The monoisotopic (exact) mass is 470 g/mol. The lowest BCUT2D eigenvalue weighted by Crippen LogP contribution is -2.54. The van der Waals surface area contributed by atoms with Crippen LogP contribution in [0.25, 0.3) is 11.1 Å². The average Bonchev–Trinajstić information content (AvgIpc) is 3.20. The number of hydrogen-bond donors (Lipinski definition) is 2. The Morgan fingerprint density at radius 2 is 1.46 bits per heavy atom. The van der Waals surface area contributed by atoms with Crippen molar-refractivity contribution < 1.29 is 23.9 Å². The van der Waals surface area contributed by atoms with E-state index in [1.54, 1.807) is 0 Å². The zero-order valence-corrected chi connectivity index (χ0v) is 19.3. The molecule has 0 spiro atoms. The third-order valence-corrected chi connectivity index (χ3v) is 6.72. The molecule has 1 heterocycles. The fourth-order valence-electron chi connectivity index (χ4n) is 5.00. The van der Waals surface area contributed by atoms with Crippen LogP contribution < -0.4 is 10.6 Å². The number of ether oxygens (including phenoxy) is 2. The molecule has 7 nitrogen and oxygen atoms in total. The van der Waals surface area contributed by atoms with Crippen molar-refractivity contribution in [3.63, 3.8) is 0 Å². The molecule has 0 bridgehead atoms. The second kappa shape index (κ2) is 9.62. The second-order valence-electron chi connectivity index (χ2n) is 8.78. The molecule has 0 fully saturated rings. The maximum Gasteiger partial charge on any atom is 0.407 e. The lowest BCUT2D eigenvalue weighted by molar-refractivity contribution is -0.145. The molecule has 3 aromatic carbocycles. The van der Waals surface area contributed by atoms with Crippen molar-refractivity contribution in [1.29, 1.82) is 0 Å². The van der Waals surface area contributed by atoms with Gasteiger partial charge in [-0.1, -0.05) is 72.8 Å². The number of amides is 2. The lowest BCUT2D eigenvalue weighted by atomic mass is 9.93. The molecule has 7 heteroatoms. The Bertz CT molecular complexity index is 1240. The van der Waals surface area contributed by atoms with Gasteiger partial charge in [0.05, 0.1) is 7.11 Å². The summed E-state index contributed by atoms with van der Waals surface area (Å²) in [7, 11) is 1.28. The number of methoxy groups -OCH3 is 1. The van der Waals surface area contributed by atoms with E-state index in [9.17, 15) is 14.4 Å². The maximum atomic E-state index is 12.9. The van der Waals surface area contributed by atoms with E-state index in [0.717, 1.165) is 33.4 Å². The summed E-state index contributed by atoms with van der Waals surface area (Å²) in [5.41, 5.74) is 6.31. The number of carbonyl (C=O) groups excluding carboxylic acids is 3. The summed E-state index contributed by atoms with van der Waals surface area (Å²) >= 11 is 0. The van der Waals surface area contributed by atoms with E-state index >= 15 is 0 Å². The van der Waals surface area contributed by atoms with Crippen LogP contribution in [0.3, 0.4) is 0 Å². The van der Waals surface area contributed by atoms with Crippen molar-refractivity contribution in [2.24, 2.45) is 0 Å². The van der Waals surface area contributed by atoms with E-state index in [1.165, 1.54) is 7.11 Å². The first kappa shape index (κ1) is 22.7. The Hall–Kier alpha value is -4.13. The zero-order valence-electron chi connectivity index (χ0n) is 19.3. The van der Waals surface area contributed by atoms with Crippen LogP contribution in [0.15, 0.2) is 72.8 Å². The molecule has 0 saturated carbocycles. The largest absolute Gasteiger partial charge is 0.467 e. The van der Waals surface area contributed by atoms with Gasteiger partial charge in [-0.15, -0.1) is 0 Å². The minimum atomic E-state index is -0.890. The SMILES string of the molecule is COC(=O)[C@@H]1Cc2ccccc2C[C@H](NC(=O)OCC2c3ccccc3-c3ccccc32)C(=O)N1. The molecule has 35 heavy (non-hydrogen) atoms. The van der Waals surface area contributed by atoms with E-state index in [0.29, 0.717) is 12.8 Å². The fraction of sp³-hybridized carbons (Fsp3) is 0.250. The van der Waals surface area contributed by atoms with Gasteiger partial charge in [-0.3, -0.25) is 4.79 Å². The third-order valence-electron chi connectivity index (χ3n) is 6.72. The van der Waals surface area contributed by atoms with Gasteiger partial charge < -0.3 is 20.1 Å². The van der Waals surface area contributed by atoms with E-state index in [1.807, 2.05) is 60.7 Å². The van der Waals surface area contributed by atoms with Gasteiger partial charge in [-0.25, -0.2) is 9.59 Å². The Labute approximate surface area is 203 Å². The summed E-state index contributed by atoms with van der Waals surface area (Å²) in [6.07, 6.45) is -0.0634. The first-order valence-corrected chi connectivity index (χ1v) is 11.6. The predicted octanol–water partition coefficient (Wildman–Crippen LogP) is 3.35. The molecule has 0 aromatic heterocycles. The van der Waals surface area contributed by atoms with Gasteiger partial charge in [0.1, 0.15) is 18.7 Å². The zero-order chi connectivity index (χ0) is 24.4. The summed E-state index contributed by atoms with van der Waals surface area (Å²) in [5.74, 6) is -1.07. The molecule has 1 aliphatic carbocycles. The first-order valence-electron chi connectivity index (χ1n) is 11.6. The van der Waals surface area contributed by atoms with Crippen LogP contribution in [-0.2, 0) is 31.9 Å². The Morgan fingerprint density at radius 1 is 0.886 bits per heavy atom. The van der Waals surface area contributed by atoms with E-state index in [4.69, 9.17) is 9.47 Å². The number of carbonyl (C=O) groups is 3. The number of fused-ring (bicyclic) bond motifs is 4. The van der Waals surface area contributed by atoms with E-state index in [2.05, 4.69) is 22.8 Å². The molecule has 1 aliphatic heterocycles. The molecule has 0 saturated heterocycles. The number of hydrogen-bond acceptors (Lipinski definition) is 5.